The van der Waals surface area contributed by atoms with E-state index in [9.17, 15) is 4.39 Å². The zero-order chi connectivity index (χ0) is 14.7. The number of nitrogens with zero attached hydrogens (tertiary/aromatic N) is 3. The van der Waals surface area contributed by atoms with Gasteiger partial charge in [0.25, 0.3) is 0 Å². The van der Waals surface area contributed by atoms with Gasteiger partial charge in [-0.3, -0.25) is 0 Å². The highest BCUT2D eigenvalue weighted by Gasteiger charge is 2.35. The van der Waals surface area contributed by atoms with Crippen LogP contribution in [0, 0.1) is 5.82 Å². The first-order chi connectivity index (χ1) is 10.3. The van der Waals surface area contributed by atoms with Crippen molar-refractivity contribution in [1.82, 2.24) is 14.8 Å². The van der Waals surface area contributed by atoms with Gasteiger partial charge in [-0.2, -0.15) is 5.10 Å². The van der Waals surface area contributed by atoms with Gasteiger partial charge in [-0.15, -0.1) is 0 Å². The summed E-state index contributed by atoms with van der Waals surface area (Å²) in [7, 11) is 0. The van der Waals surface area contributed by atoms with Crippen LogP contribution in [0.15, 0.2) is 67.3 Å². The first-order valence-electron chi connectivity index (χ1n) is 6.94. The average molecular weight is 281 g/mol. The van der Waals surface area contributed by atoms with Gasteiger partial charge in [0.2, 0.25) is 0 Å². The quantitative estimate of drug-likeness (QED) is 0.731. The monoisotopic (exact) mass is 281 g/mol. The Hall–Kier alpha value is -2.49. The minimum absolute atomic E-state index is 0.240. The number of hydrogen-bond donors (Lipinski definition) is 0. The van der Waals surface area contributed by atoms with Gasteiger partial charge < -0.3 is 0 Å². The third-order valence-corrected chi connectivity index (χ3v) is 3.89. The molecule has 0 N–H and O–H groups in total. The van der Waals surface area contributed by atoms with E-state index in [0.29, 0.717) is 0 Å². The molecule has 0 aliphatic rings. The molecule has 0 radical (unpaired) electrons. The number of rotatable bonds is 4. The molecule has 0 aliphatic carbocycles. The summed E-state index contributed by atoms with van der Waals surface area (Å²) in [5.74, 6) is -0.240. The molecule has 0 bridgehead atoms. The summed E-state index contributed by atoms with van der Waals surface area (Å²) in [6.45, 7) is 2.10. The van der Waals surface area contributed by atoms with Crippen LogP contribution in [-0.4, -0.2) is 14.8 Å². The molecule has 4 heteroatoms. The first-order valence-corrected chi connectivity index (χ1v) is 6.94. The van der Waals surface area contributed by atoms with Crippen LogP contribution in [0.1, 0.15) is 24.5 Å². The number of benzene rings is 2. The van der Waals surface area contributed by atoms with E-state index in [0.717, 1.165) is 17.5 Å². The van der Waals surface area contributed by atoms with E-state index < -0.39 is 5.54 Å². The van der Waals surface area contributed by atoms with Gasteiger partial charge in [0, 0.05) is 0 Å². The van der Waals surface area contributed by atoms with Gasteiger partial charge >= 0.3 is 0 Å². The summed E-state index contributed by atoms with van der Waals surface area (Å²) < 4.78 is 15.1. The normalized spacial score (nSPS) is 13.8. The molecule has 0 saturated carbocycles. The SMILES string of the molecule is CCC(c1ccccc1)(c1ccc(F)cc1)n1cncn1. The second-order valence-corrected chi connectivity index (χ2v) is 4.93. The highest BCUT2D eigenvalue weighted by molar-refractivity contribution is 5.39. The predicted octanol–water partition coefficient (Wildman–Crippen LogP) is 3.62. The summed E-state index contributed by atoms with van der Waals surface area (Å²) in [6.07, 6.45) is 4.02. The fourth-order valence-corrected chi connectivity index (χ4v) is 2.85. The van der Waals surface area contributed by atoms with Crippen molar-refractivity contribution >= 4 is 0 Å². The standard InChI is InChI=1S/C17H16FN3/c1-2-17(21-13-19-12-20-21,14-6-4-3-5-7-14)15-8-10-16(18)11-9-15/h3-13H,2H2,1H3. The Morgan fingerprint density at radius 3 is 2.24 bits per heavy atom. The van der Waals surface area contributed by atoms with Crippen LogP contribution in [0.5, 0.6) is 0 Å². The Labute approximate surface area is 123 Å². The van der Waals surface area contributed by atoms with Crippen molar-refractivity contribution < 1.29 is 4.39 Å². The third-order valence-electron chi connectivity index (χ3n) is 3.89. The van der Waals surface area contributed by atoms with Gasteiger partial charge in [-0.25, -0.2) is 14.1 Å². The molecule has 1 atom stereocenters. The fraction of sp³-hybridized carbons (Fsp3) is 0.176. The number of halogens is 1. The topological polar surface area (TPSA) is 30.7 Å². The second kappa shape index (κ2) is 5.48. The smallest absolute Gasteiger partial charge is 0.137 e. The van der Waals surface area contributed by atoms with E-state index in [4.69, 9.17) is 0 Å². The lowest BCUT2D eigenvalue weighted by Crippen LogP contribution is -2.36. The Morgan fingerprint density at radius 2 is 1.67 bits per heavy atom. The van der Waals surface area contributed by atoms with E-state index in [2.05, 4.69) is 29.1 Å². The van der Waals surface area contributed by atoms with Gasteiger partial charge in [0.15, 0.2) is 0 Å². The van der Waals surface area contributed by atoms with Crippen molar-refractivity contribution in [3.05, 3.63) is 84.2 Å². The largest absolute Gasteiger partial charge is 0.238 e. The molecule has 3 nitrogen and oxygen atoms in total. The lowest BCUT2D eigenvalue weighted by atomic mass is 9.80. The van der Waals surface area contributed by atoms with E-state index in [1.807, 2.05) is 35.0 Å². The minimum Gasteiger partial charge on any atom is -0.238 e. The molecule has 0 aliphatic heterocycles. The van der Waals surface area contributed by atoms with Crippen LogP contribution in [0.4, 0.5) is 4.39 Å². The van der Waals surface area contributed by atoms with Crippen LogP contribution in [-0.2, 0) is 5.54 Å². The summed E-state index contributed by atoms with van der Waals surface area (Å²) in [5.41, 5.74) is 1.61. The molecule has 1 heterocycles. The van der Waals surface area contributed by atoms with Crippen LogP contribution >= 0.6 is 0 Å². The van der Waals surface area contributed by atoms with Crippen LogP contribution in [0.25, 0.3) is 0 Å². The Balaban J connectivity index is 2.26. The van der Waals surface area contributed by atoms with Crippen molar-refractivity contribution in [2.24, 2.45) is 0 Å². The van der Waals surface area contributed by atoms with Crippen LogP contribution < -0.4 is 0 Å². The van der Waals surface area contributed by atoms with E-state index >= 15 is 0 Å². The maximum atomic E-state index is 13.3. The van der Waals surface area contributed by atoms with Crippen molar-refractivity contribution in [2.45, 2.75) is 18.9 Å². The van der Waals surface area contributed by atoms with E-state index in [1.54, 1.807) is 6.33 Å². The molecule has 0 amide bonds. The molecule has 2 aromatic carbocycles. The van der Waals surface area contributed by atoms with Gasteiger partial charge in [0.05, 0.1) is 0 Å². The average Bonchev–Trinajstić information content (AvgIpc) is 3.06. The first kappa shape index (κ1) is 13.5. The molecular formula is C17H16FN3. The maximum absolute atomic E-state index is 13.3. The number of aromatic nitrogens is 3. The molecule has 1 aromatic heterocycles. The summed E-state index contributed by atoms with van der Waals surface area (Å²) in [4.78, 5) is 4.08. The summed E-state index contributed by atoms with van der Waals surface area (Å²) >= 11 is 0. The Bertz CT molecular complexity index is 693. The van der Waals surface area contributed by atoms with Crippen LogP contribution in [0.3, 0.4) is 0 Å². The Morgan fingerprint density at radius 1 is 1.00 bits per heavy atom. The molecule has 0 fully saturated rings. The highest BCUT2D eigenvalue weighted by Crippen LogP contribution is 2.36. The van der Waals surface area contributed by atoms with Gasteiger partial charge in [0.1, 0.15) is 24.0 Å². The van der Waals surface area contributed by atoms with Crippen LogP contribution in [0.2, 0.25) is 0 Å². The van der Waals surface area contributed by atoms with E-state index in [-0.39, 0.29) is 5.82 Å². The Kier molecular flexibility index (Phi) is 3.52. The molecule has 1 unspecified atom stereocenters. The lowest BCUT2D eigenvalue weighted by Gasteiger charge is -2.34. The molecule has 21 heavy (non-hydrogen) atoms. The second-order valence-electron chi connectivity index (χ2n) is 4.93. The predicted molar refractivity (Wildman–Crippen MR) is 79.3 cm³/mol. The van der Waals surface area contributed by atoms with Gasteiger partial charge in [-0.1, -0.05) is 49.4 Å². The summed E-state index contributed by atoms with van der Waals surface area (Å²) in [5, 5.41) is 4.35. The fourth-order valence-electron chi connectivity index (χ4n) is 2.85. The van der Waals surface area contributed by atoms with Crippen molar-refractivity contribution in [3.8, 4) is 0 Å². The van der Waals surface area contributed by atoms with Crippen molar-refractivity contribution in [3.63, 3.8) is 0 Å². The molecule has 0 saturated heterocycles. The zero-order valence-electron chi connectivity index (χ0n) is 11.8. The van der Waals surface area contributed by atoms with Crippen molar-refractivity contribution in [1.29, 1.82) is 0 Å². The van der Waals surface area contributed by atoms with E-state index in [1.165, 1.54) is 18.5 Å². The summed E-state index contributed by atoms with van der Waals surface area (Å²) in [6, 6.07) is 16.7. The van der Waals surface area contributed by atoms with Gasteiger partial charge in [-0.05, 0) is 29.7 Å². The maximum Gasteiger partial charge on any atom is 0.137 e. The molecule has 106 valence electrons. The minimum atomic E-state index is -0.481. The molecule has 3 aromatic rings. The molecular weight excluding hydrogens is 265 g/mol. The zero-order valence-corrected chi connectivity index (χ0v) is 11.8. The number of hydrogen-bond acceptors (Lipinski definition) is 2. The molecule has 3 rings (SSSR count). The third kappa shape index (κ3) is 2.23. The molecule has 0 spiro atoms. The lowest BCUT2D eigenvalue weighted by molar-refractivity contribution is 0.373. The van der Waals surface area contributed by atoms with Crippen molar-refractivity contribution in [2.75, 3.05) is 0 Å². The highest BCUT2D eigenvalue weighted by atomic mass is 19.1.